The lowest BCUT2D eigenvalue weighted by Crippen LogP contribution is -2.47. The van der Waals surface area contributed by atoms with Crippen molar-refractivity contribution >= 4 is 29.1 Å². The Bertz CT molecular complexity index is 784. The minimum absolute atomic E-state index is 0.103. The molecular weight excluding hydrogens is 377 g/mol. The number of morpholine rings is 1. The van der Waals surface area contributed by atoms with Gasteiger partial charge in [0.25, 0.3) is 5.91 Å². The number of amides is 1. The molecule has 26 heavy (non-hydrogen) atoms. The van der Waals surface area contributed by atoms with Crippen LogP contribution in [0, 0.1) is 0 Å². The number of rotatable bonds is 5. The van der Waals surface area contributed by atoms with Gasteiger partial charge in [-0.15, -0.1) is 0 Å². The Morgan fingerprint density at radius 3 is 2.69 bits per heavy atom. The lowest BCUT2D eigenvalue weighted by molar-refractivity contribution is -0.0403. The van der Waals surface area contributed by atoms with Crippen molar-refractivity contribution in [3.05, 3.63) is 58.1 Å². The highest BCUT2D eigenvalue weighted by Crippen LogP contribution is 2.27. The van der Waals surface area contributed by atoms with Crippen LogP contribution in [-0.2, 0) is 4.74 Å². The molecule has 1 saturated heterocycles. The van der Waals surface area contributed by atoms with Gasteiger partial charge in [0.2, 0.25) is 0 Å². The van der Waals surface area contributed by atoms with Crippen LogP contribution in [0.1, 0.15) is 10.4 Å². The molecular formula is C19H19Cl2NO4. The Balaban J connectivity index is 1.61. The van der Waals surface area contributed by atoms with Gasteiger partial charge in [-0.1, -0.05) is 35.3 Å². The summed E-state index contributed by atoms with van der Waals surface area (Å²) >= 11 is 11.9. The van der Waals surface area contributed by atoms with Crippen LogP contribution in [-0.4, -0.2) is 50.3 Å². The molecule has 5 nitrogen and oxygen atoms in total. The fraction of sp³-hybridized carbons (Fsp3) is 0.316. The Morgan fingerprint density at radius 2 is 1.96 bits per heavy atom. The predicted octanol–water partition coefficient (Wildman–Crippen LogP) is 3.92. The highest BCUT2D eigenvalue weighted by atomic mass is 35.5. The SMILES string of the molecule is COc1ccccc1OCC1CN(C(=O)c2ccc(Cl)c(Cl)c2)CCO1. The summed E-state index contributed by atoms with van der Waals surface area (Å²) in [7, 11) is 1.59. The van der Waals surface area contributed by atoms with Gasteiger partial charge in [0.1, 0.15) is 12.7 Å². The fourth-order valence-corrected chi connectivity index (χ4v) is 3.04. The molecule has 1 aliphatic rings. The van der Waals surface area contributed by atoms with Crippen molar-refractivity contribution in [2.75, 3.05) is 33.4 Å². The third kappa shape index (κ3) is 4.41. The summed E-state index contributed by atoms with van der Waals surface area (Å²) in [6.45, 7) is 1.73. The normalized spacial score (nSPS) is 17.0. The maximum atomic E-state index is 12.7. The van der Waals surface area contributed by atoms with Gasteiger partial charge in [-0.2, -0.15) is 0 Å². The number of para-hydroxylation sites is 2. The molecule has 1 amide bonds. The second-order valence-corrected chi connectivity index (χ2v) is 6.65. The molecule has 7 heteroatoms. The zero-order valence-corrected chi connectivity index (χ0v) is 15.8. The molecule has 0 N–H and O–H groups in total. The van der Waals surface area contributed by atoms with Crippen molar-refractivity contribution in [1.29, 1.82) is 0 Å². The zero-order chi connectivity index (χ0) is 18.5. The molecule has 1 aliphatic heterocycles. The van der Waals surface area contributed by atoms with Crippen LogP contribution in [0.25, 0.3) is 0 Å². The summed E-state index contributed by atoms with van der Waals surface area (Å²) in [6.07, 6.45) is -0.222. The van der Waals surface area contributed by atoms with Crippen LogP contribution in [0.3, 0.4) is 0 Å². The molecule has 0 aliphatic carbocycles. The maximum absolute atomic E-state index is 12.7. The highest BCUT2D eigenvalue weighted by Gasteiger charge is 2.26. The molecule has 1 fully saturated rings. The van der Waals surface area contributed by atoms with Crippen molar-refractivity contribution in [1.82, 2.24) is 4.90 Å². The monoisotopic (exact) mass is 395 g/mol. The number of methoxy groups -OCH3 is 1. The molecule has 2 aromatic rings. The van der Waals surface area contributed by atoms with E-state index in [0.29, 0.717) is 53.4 Å². The minimum atomic E-state index is -0.222. The Morgan fingerprint density at radius 1 is 1.19 bits per heavy atom. The molecule has 138 valence electrons. The maximum Gasteiger partial charge on any atom is 0.254 e. The predicted molar refractivity (Wildman–Crippen MR) is 101 cm³/mol. The van der Waals surface area contributed by atoms with E-state index in [2.05, 4.69) is 0 Å². The number of benzene rings is 2. The first-order valence-corrected chi connectivity index (χ1v) is 8.96. The van der Waals surface area contributed by atoms with Crippen LogP contribution in [0.4, 0.5) is 0 Å². The van der Waals surface area contributed by atoms with Crippen molar-refractivity contribution in [3.63, 3.8) is 0 Å². The van der Waals surface area contributed by atoms with Crippen LogP contribution >= 0.6 is 23.2 Å². The Hall–Kier alpha value is -1.95. The van der Waals surface area contributed by atoms with Gasteiger partial charge in [0, 0.05) is 12.1 Å². The smallest absolute Gasteiger partial charge is 0.254 e. The number of carbonyl (C=O) groups excluding carboxylic acids is 1. The molecule has 0 radical (unpaired) electrons. The first-order valence-electron chi connectivity index (χ1n) is 8.20. The number of hydrogen-bond donors (Lipinski definition) is 0. The second kappa shape index (κ2) is 8.62. The van der Waals surface area contributed by atoms with Gasteiger partial charge >= 0.3 is 0 Å². The first kappa shape index (κ1) is 18.8. The largest absolute Gasteiger partial charge is 0.493 e. The third-order valence-corrected chi connectivity index (χ3v) is 4.83. The van der Waals surface area contributed by atoms with Crippen LogP contribution in [0.5, 0.6) is 11.5 Å². The van der Waals surface area contributed by atoms with Crippen LogP contribution in [0.2, 0.25) is 10.0 Å². The number of halogens is 2. The van der Waals surface area contributed by atoms with E-state index in [-0.39, 0.29) is 12.0 Å². The molecule has 0 aromatic heterocycles. The molecule has 0 bridgehead atoms. The van der Waals surface area contributed by atoms with Gasteiger partial charge in [-0.3, -0.25) is 4.79 Å². The molecule has 1 heterocycles. The van der Waals surface area contributed by atoms with E-state index in [1.54, 1.807) is 30.2 Å². The first-order chi connectivity index (χ1) is 12.6. The van der Waals surface area contributed by atoms with E-state index < -0.39 is 0 Å². The number of ether oxygens (including phenoxy) is 3. The van der Waals surface area contributed by atoms with E-state index in [1.165, 1.54) is 0 Å². The Labute approximate surface area is 162 Å². The van der Waals surface area contributed by atoms with Gasteiger partial charge in [0.15, 0.2) is 11.5 Å². The number of hydrogen-bond acceptors (Lipinski definition) is 4. The van der Waals surface area contributed by atoms with Crippen molar-refractivity contribution in [2.24, 2.45) is 0 Å². The quantitative estimate of drug-likeness (QED) is 0.769. The summed E-state index contributed by atoms with van der Waals surface area (Å²) in [5.74, 6) is 1.20. The summed E-state index contributed by atoms with van der Waals surface area (Å²) < 4.78 is 16.8. The molecule has 2 aromatic carbocycles. The third-order valence-electron chi connectivity index (χ3n) is 4.09. The van der Waals surface area contributed by atoms with Gasteiger partial charge in [0.05, 0.1) is 30.3 Å². The van der Waals surface area contributed by atoms with Crippen LogP contribution < -0.4 is 9.47 Å². The second-order valence-electron chi connectivity index (χ2n) is 5.83. The topological polar surface area (TPSA) is 48.0 Å². The molecule has 0 spiro atoms. The van der Waals surface area contributed by atoms with E-state index in [4.69, 9.17) is 37.4 Å². The summed E-state index contributed by atoms with van der Waals surface area (Å²) in [5.41, 5.74) is 0.505. The van der Waals surface area contributed by atoms with Crippen LogP contribution in [0.15, 0.2) is 42.5 Å². The number of carbonyl (C=O) groups is 1. The average molecular weight is 396 g/mol. The van der Waals surface area contributed by atoms with Crippen molar-refractivity contribution in [2.45, 2.75) is 6.10 Å². The van der Waals surface area contributed by atoms with E-state index in [0.717, 1.165) is 0 Å². The standard InChI is InChI=1S/C19H19Cl2NO4/c1-24-17-4-2-3-5-18(17)26-12-14-11-22(8-9-25-14)19(23)13-6-7-15(20)16(21)10-13/h2-7,10,14H,8-9,11-12H2,1H3. The molecule has 1 unspecified atom stereocenters. The van der Waals surface area contributed by atoms with E-state index in [1.807, 2.05) is 24.3 Å². The van der Waals surface area contributed by atoms with Gasteiger partial charge in [-0.25, -0.2) is 0 Å². The van der Waals surface area contributed by atoms with Gasteiger partial charge in [-0.05, 0) is 30.3 Å². The van der Waals surface area contributed by atoms with Crippen molar-refractivity contribution < 1.29 is 19.0 Å². The summed E-state index contributed by atoms with van der Waals surface area (Å²) in [4.78, 5) is 14.4. The van der Waals surface area contributed by atoms with Crippen molar-refractivity contribution in [3.8, 4) is 11.5 Å². The zero-order valence-electron chi connectivity index (χ0n) is 14.3. The van der Waals surface area contributed by atoms with E-state index >= 15 is 0 Å². The summed E-state index contributed by atoms with van der Waals surface area (Å²) in [5, 5.41) is 0.787. The van der Waals surface area contributed by atoms with E-state index in [9.17, 15) is 4.79 Å². The average Bonchev–Trinajstić information content (AvgIpc) is 2.68. The highest BCUT2D eigenvalue weighted by molar-refractivity contribution is 6.42. The van der Waals surface area contributed by atoms with Gasteiger partial charge < -0.3 is 19.1 Å². The lowest BCUT2D eigenvalue weighted by atomic mass is 10.1. The molecule has 1 atom stereocenters. The minimum Gasteiger partial charge on any atom is -0.493 e. The Kier molecular flexibility index (Phi) is 6.25. The number of nitrogens with zero attached hydrogens (tertiary/aromatic N) is 1. The lowest BCUT2D eigenvalue weighted by Gasteiger charge is -2.33. The fourth-order valence-electron chi connectivity index (χ4n) is 2.74. The molecule has 0 saturated carbocycles. The summed E-state index contributed by atoms with van der Waals surface area (Å²) in [6, 6.07) is 12.3. The molecule has 3 rings (SSSR count).